The lowest BCUT2D eigenvalue weighted by Crippen LogP contribution is -2.47. The van der Waals surface area contributed by atoms with Gasteiger partial charge in [-0.05, 0) is 39.2 Å². The highest BCUT2D eigenvalue weighted by Gasteiger charge is 2.55. The number of alkyl carbamates (subject to hydrolysis) is 1. The average molecular weight is 377 g/mol. The van der Waals surface area contributed by atoms with E-state index in [2.05, 4.69) is 5.32 Å². The van der Waals surface area contributed by atoms with Crippen molar-refractivity contribution < 1.29 is 29.0 Å². The molecular formula is C20H27NO6. The number of rotatable bonds is 6. The minimum Gasteiger partial charge on any atom is -0.480 e. The van der Waals surface area contributed by atoms with Crippen molar-refractivity contribution >= 4 is 18.0 Å². The number of carbonyl (C=O) groups is 3. The molecular weight excluding hydrogens is 350 g/mol. The van der Waals surface area contributed by atoms with Gasteiger partial charge in [-0.25, -0.2) is 4.79 Å². The predicted octanol–water partition coefficient (Wildman–Crippen LogP) is 2.92. The monoisotopic (exact) mass is 377 g/mol. The number of aliphatic carboxylic acids is 1. The fourth-order valence-electron chi connectivity index (χ4n) is 3.16. The highest BCUT2D eigenvalue weighted by Crippen LogP contribution is 2.39. The Labute approximate surface area is 159 Å². The van der Waals surface area contributed by atoms with E-state index in [1.54, 1.807) is 27.7 Å². The minimum atomic E-state index is -1.57. The summed E-state index contributed by atoms with van der Waals surface area (Å²) in [4.78, 5) is 36.3. The van der Waals surface area contributed by atoms with E-state index in [1.807, 2.05) is 30.3 Å². The summed E-state index contributed by atoms with van der Waals surface area (Å²) in [6.45, 7) is 6.90. The third-order valence-corrected chi connectivity index (χ3v) is 4.66. The summed E-state index contributed by atoms with van der Waals surface area (Å²) in [5.41, 5.74) is -1.32. The molecule has 2 rings (SSSR count). The number of carboxylic acids is 1. The first-order valence-electron chi connectivity index (χ1n) is 9.05. The number of ether oxygens (including phenoxy) is 2. The lowest BCUT2D eigenvalue weighted by Gasteiger charge is -2.27. The molecule has 0 radical (unpaired) electrons. The third kappa shape index (κ3) is 4.99. The van der Waals surface area contributed by atoms with E-state index in [4.69, 9.17) is 9.47 Å². The molecule has 1 aliphatic rings. The van der Waals surface area contributed by atoms with Gasteiger partial charge in [0.15, 0.2) is 5.41 Å². The molecule has 2 N–H and O–H groups in total. The van der Waals surface area contributed by atoms with Crippen LogP contribution in [-0.2, 0) is 25.5 Å². The summed E-state index contributed by atoms with van der Waals surface area (Å²) >= 11 is 0. The average Bonchev–Trinajstić information content (AvgIpc) is 2.91. The number of carboxylic acid groups (broad SMARTS) is 1. The van der Waals surface area contributed by atoms with Gasteiger partial charge in [0.05, 0.1) is 6.04 Å². The van der Waals surface area contributed by atoms with Crippen LogP contribution >= 0.6 is 0 Å². The Morgan fingerprint density at radius 1 is 1.33 bits per heavy atom. The van der Waals surface area contributed by atoms with Gasteiger partial charge < -0.3 is 19.9 Å². The summed E-state index contributed by atoms with van der Waals surface area (Å²) < 4.78 is 10.7. The third-order valence-electron chi connectivity index (χ3n) is 4.66. The molecule has 3 atom stereocenters. The second kappa shape index (κ2) is 7.98. The van der Waals surface area contributed by atoms with Crippen molar-refractivity contribution in [1.29, 1.82) is 0 Å². The molecule has 1 fully saturated rings. The predicted molar refractivity (Wildman–Crippen MR) is 98.2 cm³/mol. The zero-order valence-corrected chi connectivity index (χ0v) is 16.2. The van der Waals surface area contributed by atoms with Crippen LogP contribution < -0.4 is 5.32 Å². The molecule has 1 amide bonds. The van der Waals surface area contributed by atoms with E-state index < -0.39 is 41.2 Å². The molecule has 0 bridgehead atoms. The van der Waals surface area contributed by atoms with E-state index in [1.165, 1.54) is 0 Å². The van der Waals surface area contributed by atoms with E-state index in [9.17, 15) is 19.5 Å². The molecule has 148 valence electrons. The lowest BCUT2D eigenvalue weighted by atomic mass is 9.80. The Morgan fingerprint density at radius 2 is 1.96 bits per heavy atom. The van der Waals surface area contributed by atoms with Crippen molar-refractivity contribution in [3.63, 3.8) is 0 Å². The molecule has 27 heavy (non-hydrogen) atoms. The van der Waals surface area contributed by atoms with Gasteiger partial charge in [-0.2, -0.15) is 0 Å². The summed E-state index contributed by atoms with van der Waals surface area (Å²) in [5, 5.41) is 12.3. The first kappa shape index (κ1) is 20.7. The van der Waals surface area contributed by atoms with Crippen LogP contribution in [-0.4, -0.2) is 40.9 Å². The largest absolute Gasteiger partial charge is 0.480 e. The summed E-state index contributed by atoms with van der Waals surface area (Å²) in [5.74, 6) is -1.96. The molecule has 1 aromatic rings. The SMILES string of the molecule is CCC1(C(=O)O)C[C@H]([C@H](Cc2ccccc2)NC(=O)OC(C)(C)C)OC1=O. The Kier molecular flexibility index (Phi) is 6.13. The number of hydrogen-bond donors (Lipinski definition) is 2. The molecule has 0 saturated carbocycles. The van der Waals surface area contributed by atoms with Gasteiger partial charge in [0, 0.05) is 6.42 Å². The number of hydrogen-bond acceptors (Lipinski definition) is 5. The fourth-order valence-corrected chi connectivity index (χ4v) is 3.16. The highest BCUT2D eigenvalue weighted by atomic mass is 16.6. The maximum absolute atomic E-state index is 12.3. The zero-order valence-electron chi connectivity index (χ0n) is 16.2. The number of cyclic esters (lactones) is 1. The van der Waals surface area contributed by atoms with Gasteiger partial charge in [-0.15, -0.1) is 0 Å². The number of nitrogens with one attached hydrogen (secondary N) is 1. The molecule has 0 aliphatic carbocycles. The first-order chi connectivity index (χ1) is 12.6. The van der Waals surface area contributed by atoms with E-state index in [-0.39, 0.29) is 12.8 Å². The number of benzene rings is 1. The van der Waals surface area contributed by atoms with E-state index in [0.717, 1.165) is 5.56 Å². The van der Waals surface area contributed by atoms with E-state index in [0.29, 0.717) is 6.42 Å². The van der Waals surface area contributed by atoms with Gasteiger partial charge in [-0.1, -0.05) is 37.3 Å². The van der Waals surface area contributed by atoms with Crippen LogP contribution in [0.4, 0.5) is 4.79 Å². The van der Waals surface area contributed by atoms with Gasteiger partial charge in [-0.3, -0.25) is 9.59 Å². The topological polar surface area (TPSA) is 102 Å². The molecule has 1 aromatic carbocycles. The maximum atomic E-state index is 12.3. The van der Waals surface area contributed by atoms with Crippen LogP contribution in [0.1, 0.15) is 46.1 Å². The second-order valence-corrected chi connectivity index (χ2v) is 7.83. The highest BCUT2D eigenvalue weighted by molar-refractivity contribution is 6.00. The summed E-state index contributed by atoms with van der Waals surface area (Å²) in [6, 6.07) is 8.80. The Hall–Kier alpha value is -2.57. The molecule has 1 heterocycles. The molecule has 1 aliphatic heterocycles. The second-order valence-electron chi connectivity index (χ2n) is 7.83. The summed E-state index contributed by atoms with van der Waals surface area (Å²) in [6.07, 6.45) is -0.866. The Morgan fingerprint density at radius 3 is 2.44 bits per heavy atom. The van der Waals surface area contributed by atoms with Gasteiger partial charge in [0.25, 0.3) is 0 Å². The number of carbonyl (C=O) groups excluding carboxylic acids is 2. The normalized spacial score (nSPS) is 23.4. The zero-order chi connectivity index (χ0) is 20.2. The van der Waals surface area contributed by atoms with Crippen LogP contribution in [0.5, 0.6) is 0 Å². The van der Waals surface area contributed by atoms with Crippen LogP contribution in [0.2, 0.25) is 0 Å². The number of amides is 1. The van der Waals surface area contributed by atoms with Gasteiger partial charge in [0.2, 0.25) is 0 Å². The van der Waals surface area contributed by atoms with Gasteiger partial charge >= 0.3 is 18.0 Å². The molecule has 1 saturated heterocycles. The number of esters is 1. The van der Waals surface area contributed by atoms with Gasteiger partial charge in [0.1, 0.15) is 11.7 Å². The lowest BCUT2D eigenvalue weighted by molar-refractivity contribution is -0.161. The summed E-state index contributed by atoms with van der Waals surface area (Å²) in [7, 11) is 0. The van der Waals surface area contributed by atoms with E-state index >= 15 is 0 Å². The van der Waals surface area contributed by atoms with Crippen molar-refractivity contribution in [2.45, 2.75) is 64.7 Å². The minimum absolute atomic E-state index is 0.00493. The van der Waals surface area contributed by atoms with Crippen LogP contribution in [0.3, 0.4) is 0 Å². The van der Waals surface area contributed by atoms with Crippen molar-refractivity contribution in [3.05, 3.63) is 35.9 Å². The fraction of sp³-hybridized carbons (Fsp3) is 0.550. The smallest absolute Gasteiger partial charge is 0.408 e. The molecule has 0 spiro atoms. The van der Waals surface area contributed by atoms with Crippen LogP contribution in [0, 0.1) is 5.41 Å². The Balaban J connectivity index is 2.23. The Bertz CT molecular complexity index is 696. The quantitative estimate of drug-likeness (QED) is 0.584. The first-order valence-corrected chi connectivity index (χ1v) is 9.05. The van der Waals surface area contributed by atoms with Crippen molar-refractivity contribution in [1.82, 2.24) is 5.32 Å². The van der Waals surface area contributed by atoms with Crippen LogP contribution in [0.15, 0.2) is 30.3 Å². The van der Waals surface area contributed by atoms with Crippen LogP contribution in [0.25, 0.3) is 0 Å². The molecule has 7 nitrogen and oxygen atoms in total. The van der Waals surface area contributed by atoms with Crippen molar-refractivity contribution in [2.24, 2.45) is 5.41 Å². The molecule has 1 unspecified atom stereocenters. The standard InChI is InChI=1S/C20H27NO6/c1-5-20(16(22)23)12-15(26-17(20)24)14(11-13-9-7-6-8-10-13)21-18(25)27-19(2,3)4/h6-10,14-15H,5,11-12H2,1-4H3,(H,21,25)(H,22,23)/t14-,15+,20?/m0/s1. The maximum Gasteiger partial charge on any atom is 0.408 e. The van der Waals surface area contributed by atoms with Crippen molar-refractivity contribution in [2.75, 3.05) is 0 Å². The molecule has 7 heteroatoms. The molecule has 0 aromatic heterocycles. The van der Waals surface area contributed by atoms with Crippen molar-refractivity contribution in [3.8, 4) is 0 Å².